The number of rotatable bonds is 6. The Labute approximate surface area is 196 Å². The third-order valence-electron chi connectivity index (χ3n) is 4.70. The van der Waals surface area contributed by atoms with E-state index in [1.807, 2.05) is 0 Å². The standard InChI is InChI=1S/C22H21F3N6O4/c1-11(2)34-16-7-14(6-15(9-16)27-21(33)28-20(32)22(23,24)25)17-10-26-18-8-13(4-5-31(17)18)19-30-29-12(3)35-19/h4-11,20,32H,1-3H3,(H2,27,28,33). The number of aromatic nitrogens is 4. The summed E-state index contributed by atoms with van der Waals surface area (Å²) in [5.41, 5.74) is 2.60. The molecular weight excluding hydrogens is 469 g/mol. The third-order valence-corrected chi connectivity index (χ3v) is 4.70. The normalized spacial score (nSPS) is 12.7. The lowest BCUT2D eigenvalue weighted by Gasteiger charge is -2.17. The summed E-state index contributed by atoms with van der Waals surface area (Å²) in [6.45, 7) is 5.30. The molecule has 1 atom stereocenters. The number of benzene rings is 1. The van der Waals surface area contributed by atoms with Crippen molar-refractivity contribution in [3.63, 3.8) is 0 Å². The van der Waals surface area contributed by atoms with Crippen molar-refractivity contribution in [2.24, 2.45) is 0 Å². The molecule has 0 spiro atoms. The van der Waals surface area contributed by atoms with Crippen LogP contribution in [0.3, 0.4) is 0 Å². The second kappa shape index (κ2) is 9.25. The molecule has 184 valence electrons. The average Bonchev–Trinajstić information content (AvgIpc) is 3.38. The van der Waals surface area contributed by atoms with Crippen LogP contribution in [0, 0.1) is 6.92 Å². The zero-order valence-electron chi connectivity index (χ0n) is 18.8. The van der Waals surface area contributed by atoms with Gasteiger partial charge < -0.3 is 24.9 Å². The Morgan fingerprint density at radius 2 is 1.94 bits per heavy atom. The highest BCUT2D eigenvalue weighted by Crippen LogP contribution is 2.31. The Morgan fingerprint density at radius 1 is 1.17 bits per heavy atom. The van der Waals surface area contributed by atoms with Crippen molar-refractivity contribution in [1.82, 2.24) is 24.9 Å². The number of carbonyl (C=O) groups is 1. The molecule has 1 aromatic carbocycles. The van der Waals surface area contributed by atoms with Crippen LogP contribution in [0.5, 0.6) is 5.75 Å². The number of anilines is 1. The van der Waals surface area contributed by atoms with Crippen LogP contribution in [0.1, 0.15) is 19.7 Å². The number of aliphatic hydroxyl groups excluding tert-OH is 1. The van der Waals surface area contributed by atoms with E-state index in [-0.39, 0.29) is 11.8 Å². The maximum Gasteiger partial charge on any atom is 0.433 e. The minimum Gasteiger partial charge on any atom is -0.491 e. The molecule has 35 heavy (non-hydrogen) atoms. The topological polar surface area (TPSA) is 127 Å². The zero-order chi connectivity index (χ0) is 25.3. The lowest BCUT2D eigenvalue weighted by molar-refractivity contribution is -0.209. The van der Waals surface area contributed by atoms with Crippen molar-refractivity contribution in [1.29, 1.82) is 0 Å². The van der Waals surface area contributed by atoms with E-state index in [0.717, 1.165) is 0 Å². The van der Waals surface area contributed by atoms with Crippen molar-refractivity contribution in [3.05, 3.63) is 48.6 Å². The smallest absolute Gasteiger partial charge is 0.433 e. The van der Waals surface area contributed by atoms with E-state index in [0.29, 0.717) is 40.0 Å². The first-order valence-corrected chi connectivity index (χ1v) is 10.4. The molecular formula is C22H21F3N6O4. The molecule has 0 aliphatic carbocycles. The van der Waals surface area contributed by atoms with E-state index in [1.54, 1.807) is 61.8 Å². The van der Waals surface area contributed by atoms with Crippen LogP contribution < -0.4 is 15.4 Å². The molecule has 10 nitrogen and oxygen atoms in total. The van der Waals surface area contributed by atoms with Crippen LogP contribution in [-0.2, 0) is 0 Å². The van der Waals surface area contributed by atoms with Gasteiger partial charge in [0, 0.05) is 36.0 Å². The van der Waals surface area contributed by atoms with E-state index >= 15 is 0 Å². The van der Waals surface area contributed by atoms with Crippen LogP contribution in [0.2, 0.25) is 0 Å². The van der Waals surface area contributed by atoms with E-state index in [1.165, 1.54) is 11.4 Å². The number of aryl methyl sites for hydroxylation is 1. The highest BCUT2D eigenvalue weighted by Gasteiger charge is 2.39. The van der Waals surface area contributed by atoms with Crippen molar-refractivity contribution in [3.8, 4) is 28.5 Å². The molecule has 3 aromatic heterocycles. The number of pyridine rings is 1. The van der Waals surface area contributed by atoms with Gasteiger partial charge in [0.15, 0.2) is 0 Å². The number of ether oxygens (including phenoxy) is 1. The van der Waals surface area contributed by atoms with Crippen LogP contribution in [-0.4, -0.2) is 49.2 Å². The van der Waals surface area contributed by atoms with Gasteiger partial charge in [0.2, 0.25) is 18.0 Å². The van der Waals surface area contributed by atoms with E-state index in [9.17, 15) is 18.0 Å². The number of nitrogens with one attached hydrogen (secondary N) is 2. The molecule has 0 bridgehead atoms. The van der Waals surface area contributed by atoms with Crippen LogP contribution in [0.4, 0.5) is 23.7 Å². The Morgan fingerprint density at radius 3 is 2.60 bits per heavy atom. The summed E-state index contributed by atoms with van der Waals surface area (Å²) in [6.07, 6.45) is -4.86. The monoisotopic (exact) mass is 490 g/mol. The Balaban J connectivity index is 1.67. The van der Waals surface area contributed by atoms with Crippen molar-refractivity contribution < 1.29 is 32.2 Å². The number of hydrogen-bond donors (Lipinski definition) is 3. The predicted molar refractivity (Wildman–Crippen MR) is 119 cm³/mol. The van der Waals surface area contributed by atoms with Gasteiger partial charge in [0.1, 0.15) is 11.4 Å². The summed E-state index contributed by atoms with van der Waals surface area (Å²) in [4.78, 5) is 16.4. The molecule has 0 fully saturated rings. The minimum atomic E-state index is -5.00. The Hall–Kier alpha value is -4.13. The zero-order valence-corrected chi connectivity index (χ0v) is 18.8. The largest absolute Gasteiger partial charge is 0.491 e. The molecule has 0 aliphatic rings. The number of hydrogen-bond acceptors (Lipinski definition) is 7. The quantitative estimate of drug-likeness (QED) is 0.347. The number of halogens is 3. The number of fused-ring (bicyclic) bond motifs is 1. The van der Waals surface area contributed by atoms with Gasteiger partial charge in [-0.25, -0.2) is 9.78 Å². The van der Waals surface area contributed by atoms with Crippen molar-refractivity contribution in [2.75, 3.05) is 5.32 Å². The number of amides is 2. The van der Waals surface area contributed by atoms with Crippen LogP contribution >= 0.6 is 0 Å². The number of aliphatic hydroxyl groups is 1. The molecule has 4 rings (SSSR count). The summed E-state index contributed by atoms with van der Waals surface area (Å²) in [6, 6.07) is 7.01. The van der Waals surface area contributed by atoms with Crippen molar-refractivity contribution in [2.45, 2.75) is 39.3 Å². The third kappa shape index (κ3) is 5.51. The van der Waals surface area contributed by atoms with Gasteiger partial charge in [-0.05, 0) is 38.1 Å². The number of nitrogens with zero attached hydrogens (tertiary/aromatic N) is 4. The molecule has 1 unspecified atom stereocenters. The summed E-state index contributed by atoms with van der Waals surface area (Å²) in [5, 5.41) is 20.6. The average molecular weight is 490 g/mol. The number of carbonyl (C=O) groups excluding carboxylic acids is 1. The molecule has 3 heterocycles. The lowest BCUT2D eigenvalue weighted by Crippen LogP contribution is -2.46. The maximum absolute atomic E-state index is 12.6. The summed E-state index contributed by atoms with van der Waals surface area (Å²) in [5.74, 6) is 1.15. The fraction of sp³-hybridized carbons (Fsp3) is 0.273. The lowest BCUT2D eigenvalue weighted by atomic mass is 10.1. The number of imidazole rings is 1. The van der Waals surface area contributed by atoms with Gasteiger partial charge in [-0.15, -0.1) is 10.2 Å². The molecule has 3 N–H and O–H groups in total. The van der Waals surface area contributed by atoms with Gasteiger partial charge >= 0.3 is 12.2 Å². The first-order chi connectivity index (χ1) is 16.5. The first-order valence-electron chi connectivity index (χ1n) is 10.4. The second-order valence-electron chi connectivity index (χ2n) is 7.87. The number of alkyl halides is 3. The molecule has 0 radical (unpaired) electrons. The molecule has 2 amide bonds. The minimum absolute atomic E-state index is 0.151. The molecule has 0 saturated heterocycles. The maximum atomic E-state index is 12.6. The molecule has 0 aliphatic heterocycles. The molecule has 4 aromatic rings. The highest BCUT2D eigenvalue weighted by atomic mass is 19.4. The number of urea groups is 1. The highest BCUT2D eigenvalue weighted by molar-refractivity contribution is 5.90. The van der Waals surface area contributed by atoms with Crippen LogP contribution in [0.25, 0.3) is 28.4 Å². The molecule has 13 heteroatoms. The van der Waals surface area contributed by atoms with Gasteiger partial charge in [-0.3, -0.25) is 4.40 Å². The van der Waals surface area contributed by atoms with Gasteiger partial charge in [-0.1, -0.05) is 0 Å². The predicted octanol–water partition coefficient (Wildman–Crippen LogP) is 4.15. The van der Waals surface area contributed by atoms with Crippen LogP contribution in [0.15, 0.2) is 47.1 Å². The second-order valence-corrected chi connectivity index (χ2v) is 7.87. The van der Waals surface area contributed by atoms with Crippen molar-refractivity contribution >= 4 is 17.4 Å². The van der Waals surface area contributed by atoms with Gasteiger partial charge in [-0.2, -0.15) is 13.2 Å². The summed E-state index contributed by atoms with van der Waals surface area (Å²) in [7, 11) is 0. The van der Waals surface area contributed by atoms with E-state index in [2.05, 4.69) is 20.5 Å². The van der Waals surface area contributed by atoms with Gasteiger partial charge in [0.25, 0.3) is 0 Å². The fourth-order valence-corrected chi connectivity index (χ4v) is 3.27. The summed E-state index contributed by atoms with van der Waals surface area (Å²) < 4.78 is 50.6. The van der Waals surface area contributed by atoms with Gasteiger partial charge in [0.05, 0.1) is 18.0 Å². The Bertz CT molecular complexity index is 1360. The Kier molecular flexibility index (Phi) is 6.35. The summed E-state index contributed by atoms with van der Waals surface area (Å²) >= 11 is 0. The van der Waals surface area contributed by atoms with E-state index < -0.39 is 18.4 Å². The SMILES string of the molecule is Cc1nnc(-c2ccn3c(-c4cc(NC(=O)NC(O)C(F)(F)F)cc(OC(C)C)c4)cnc3c2)o1. The molecule has 0 saturated carbocycles. The van der Waals surface area contributed by atoms with E-state index in [4.69, 9.17) is 14.3 Å². The first kappa shape index (κ1) is 24.0. The fourth-order valence-electron chi connectivity index (χ4n) is 3.27.